The van der Waals surface area contributed by atoms with Crippen molar-refractivity contribution in [3.05, 3.63) is 12.2 Å². The van der Waals surface area contributed by atoms with Crippen LogP contribution >= 0.6 is 0 Å². The second-order valence-corrected chi connectivity index (χ2v) is 4.59. The summed E-state index contributed by atoms with van der Waals surface area (Å²) >= 11 is 0. The van der Waals surface area contributed by atoms with Crippen molar-refractivity contribution in [1.29, 1.82) is 5.26 Å². The van der Waals surface area contributed by atoms with Gasteiger partial charge in [-0.3, -0.25) is 4.79 Å². The maximum Gasteiger partial charge on any atom is 0.333 e. The number of hydrogen-bond acceptors (Lipinski definition) is 6. The van der Waals surface area contributed by atoms with Crippen molar-refractivity contribution in [1.82, 2.24) is 0 Å². The highest BCUT2D eigenvalue weighted by Crippen LogP contribution is 2.06. The van der Waals surface area contributed by atoms with E-state index in [-0.39, 0.29) is 19.2 Å². The highest BCUT2D eigenvalue weighted by molar-refractivity contribution is 5.86. The first kappa shape index (κ1) is 19.0. The molecule has 6 nitrogen and oxygen atoms in total. The Morgan fingerprint density at radius 2 is 1.62 bits per heavy atom. The van der Waals surface area contributed by atoms with Gasteiger partial charge in [0.25, 0.3) is 6.26 Å². The number of hydrogen-bond donors (Lipinski definition) is 0. The fraction of sp³-hybridized carbons (Fsp3) is 0.667. The van der Waals surface area contributed by atoms with Gasteiger partial charge in [-0.2, -0.15) is 5.26 Å². The average Bonchev–Trinajstić information content (AvgIpc) is 2.46. The van der Waals surface area contributed by atoms with Gasteiger partial charge in [0.05, 0.1) is 0 Å². The van der Waals surface area contributed by atoms with Gasteiger partial charge in [0.2, 0.25) is 0 Å². The third kappa shape index (κ3) is 12.7. The molecule has 0 radical (unpaired) electrons. The molecular formula is C15H23NO5. The molecule has 0 amide bonds. The highest BCUT2D eigenvalue weighted by atomic mass is 16.6. The van der Waals surface area contributed by atoms with Crippen molar-refractivity contribution in [3.63, 3.8) is 0 Å². The van der Waals surface area contributed by atoms with Crippen molar-refractivity contribution in [2.45, 2.75) is 45.4 Å². The number of nitrogens with zero attached hydrogens (tertiary/aromatic N) is 1. The van der Waals surface area contributed by atoms with Gasteiger partial charge >= 0.3 is 11.9 Å². The van der Waals surface area contributed by atoms with Crippen LogP contribution in [-0.4, -0.2) is 31.8 Å². The minimum absolute atomic E-state index is 0.0519. The largest absolute Gasteiger partial charge is 0.462 e. The molecule has 0 heterocycles. The van der Waals surface area contributed by atoms with Gasteiger partial charge in [-0.15, -0.1) is 0 Å². The van der Waals surface area contributed by atoms with E-state index in [1.807, 2.05) is 0 Å². The number of carbonyl (C=O) groups excluding carboxylic acids is 2. The number of unbranched alkanes of at least 4 members (excludes halogenated alkanes) is 4. The first-order valence-corrected chi connectivity index (χ1v) is 7.07. The van der Waals surface area contributed by atoms with Crippen LogP contribution in [0.1, 0.15) is 45.4 Å². The predicted molar refractivity (Wildman–Crippen MR) is 76.0 cm³/mol. The molecule has 0 aromatic carbocycles. The fourth-order valence-electron chi connectivity index (χ4n) is 1.50. The lowest BCUT2D eigenvalue weighted by Gasteiger charge is -2.06. The second kappa shape index (κ2) is 13.0. The van der Waals surface area contributed by atoms with Crippen molar-refractivity contribution in [2.75, 3.05) is 19.8 Å². The topological polar surface area (TPSA) is 85.6 Å². The van der Waals surface area contributed by atoms with Gasteiger partial charge in [-0.25, -0.2) is 4.79 Å². The SMILES string of the molecule is C=C(C)C(=O)OCCOC(=O)CCCCCCCOC#N. The highest BCUT2D eigenvalue weighted by Gasteiger charge is 2.05. The first-order valence-electron chi connectivity index (χ1n) is 7.07. The Bertz CT molecular complexity index is 373. The number of esters is 2. The van der Waals surface area contributed by atoms with E-state index in [9.17, 15) is 9.59 Å². The molecule has 0 bridgehead atoms. The molecule has 0 saturated heterocycles. The molecule has 0 aliphatic rings. The molecular weight excluding hydrogens is 274 g/mol. The molecule has 0 atom stereocenters. The zero-order valence-electron chi connectivity index (χ0n) is 12.6. The summed E-state index contributed by atoms with van der Waals surface area (Å²) in [6.45, 7) is 5.59. The molecule has 0 rings (SSSR count). The third-order valence-corrected chi connectivity index (χ3v) is 2.62. The molecule has 0 unspecified atom stereocenters. The van der Waals surface area contributed by atoms with Crippen LogP contribution < -0.4 is 0 Å². The summed E-state index contributed by atoms with van der Waals surface area (Å²) in [6, 6.07) is 0. The maximum atomic E-state index is 11.4. The zero-order valence-corrected chi connectivity index (χ0v) is 12.6. The normalized spacial score (nSPS) is 9.52. The van der Waals surface area contributed by atoms with Crippen LogP contribution in [0.5, 0.6) is 0 Å². The summed E-state index contributed by atoms with van der Waals surface area (Å²) < 4.78 is 14.3. The summed E-state index contributed by atoms with van der Waals surface area (Å²) in [5.41, 5.74) is 0.321. The predicted octanol–water partition coefficient (Wildman–Crippen LogP) is 2.49. The number of carbonyl (C=O) groups is 2. The number of ether oxygens (including phenoxy) is 3. The molecule has 0 aliphatic carbocycles. The second-order valence-electron chi connectivity index (χ2n) is 4.59. The lowest BCUT2D eigenvalue weighted by atomic mass is 10.1. The standard InChI is InChI=1S/C15H23NO5/c1-13(2)15(18)21-11-10-20-14(17)8-6-4-3-5-7-9-19-12-16/h1,3-11H2,2H3. The zero-order chi connectivity index (χ0) is 15.9. The van der Waals surface area contributed by atoms with Gasteiger partial charge < -0.3 is 14.2 Å². The van der Waals surface area contributed by atoms with Crippen LogP contribution in [-0.2, 0) is 23.8 Å². The van der Waals surface area contributed by atoms with Crippen LogP contribution in [0, 0.1) is 11.5 Å². The minimum Gasteiger partial charge on any atom is -0.462 e. The van der Waals surface area contributed by atoms with E-state index in [2.05, 4.69) is 11.3 Å². The molecule has 0 aromatic heterocycles. The summed E-state index contributed by atoms with van der Waals surface area (Å²) in [5, 5.41) is 8.16. The van der Waals surface area contributed by atoms with E-state index in [1.54, 1.807) is 13.2 Å². The molecule has 0 aromatic rings. The smallest absolute Gasteiger partial charge is 0.333 e. The van der Waals surface area contributed by atoms with E-state index < -0.39 is 5.97 Å². The summed E-state index contributed by atoms with van der Waals surface area (Å²) in [4.78, 5) is 22.4. The molecule has 0 spiro atoms. The molecule has 6 heteroatoms. The van der Waals surface area contributed by atoms with Gasteiger partial charge in [0.15, 0.2) is 0 Å². The Kier molecular flexibility index (Phi) is 11.7. The molecule has 0 fully saturated rings. The van der Waals surface area contributed by atoms with Gasteiger partial charge in [-0.05, 0) is 19.8 Å². The van der Waals surface area contributed by atoms with Crippen molar-refractivity contribution < 1.29 is 23.8 Å². The van der Waals surface area contributed by atoms with Crippen LogP contribution in [0.25, 0.3) is 0 Å². The quantitative estimate of drug-likeness (QED) is 0.238. The van der Waals surface area contributed by atoms with E-state index >= 15 is 0 Å². The van der Waals surface area contributed by atoms with Gasteiger partial charge in [0, 0.05) is 12.0 Å². The summed E-state index contributed by atoms with van der Waals surface area (Å²) in [7, 11) is 0. The fourth-order valence-corrected chi connectivity index (χ4v) is 1.50. The van der Waals surface area contributed by atoms with E-state index in [1.165, 1.54) is 0 Å². The Labute approximate surface area is 125 Å². The average molecular weight is 297 g/mol. The Morgan fingerprint density at radius 1 is 1.00 bits per heavy atom. The Hall–Kier alpha value is -2.03. The minimum atomic E-state index is -0.480. The Morgan fingerprint density at radius 3 is 2.29 bits per heavy atom. The van der Waals surface area contributed by atoms with Crippen molar-refractivity contribution >= 4 is 11.9 Å². The number of nitriles is 1. The van der Waals surface area contributed by atoms with Gasteiger partial charge in [-0.1, -0.05) is 25.8 Å². The summed E-state index contributed by atoms with van der Waals surface area (Å²) in [5.74, 6) is -0.763. The van der Waals surface area contributed by atoms with Crippen LogP contribution in [0.15, 0.2) is 12.2 Å². The first-order chi connectivity index (χ1) is 10.1. The molecule has 0 saturated carbocycles. The van der Waals surface area contributed by atoms with Crippen LogP contribution in [0.4, 0.5) is 0 Å². The van der Waals surface area contributed by atoms with Crippen molar-refractivity contribution in [2.24, 2.45) is 0 Å². The van der Waals surface area contributed by atoms with Crippen LogP contribution in [0.3, 0.4) is 0 Å². The van der Waals surface area contributed by atoms with E-state index in [0.717, 1.165) is 32.1 Å². The summed E-state index contributed by atoms with van der Waals surface area (Å²) in [6.07, 6.45) is 6.52. The monoisotopic (exact) mass is 297 g/mol. The molecule has 118 valence electrons. The molecule has 21 heavy (non-hydrogen) atoms. The lowest BCUT2D eigenvalue weighted by Crippen LogP contribution is -2.14. The Balaban J connectivity index is 3.33. The van der Waals surface area contributed by atoms with Gasteiger partial charge in [0.1, 0.15) is 19.8 Å². The van der Waals surface area contributed by atoms with E-state index in [4.69, 9.17) is 14.7 Å². The lowest BCUT2D eigenvalue weighted by molar-refractivity contribution is -0.150. The van der Waals surface area contributed by atoms with E-state index in [0.29, 0.717) is 18.6 Å². The van der Waals surface area contributed by atoms with Crippen molar-refractivity contribution in [3.8, 4) is 6.26 Å². The molecule has 0 aliphatic heterocycles. The number of rotatable bonds is 12. The van der Waals surface area contributed by atoms with Crippen LogP contribution in [0.2, 0.25) is 0 Å². The molecule has 0 N–H and O–H groups in total. The maximum absolute atomic E-state index is 11.4. The third-order valence-electron chi connectivity index (χ3n) is 2.62.